The molecule has 0 fully saturated rings. The summed E-state index contributed by atoms with van der Waals surface area (Å²) in [6.07, 6.45) is 3.61. The number of aromatic amines is 1. The first-order chi connectivity index (χ1) is 5.95. The fourth-order valence-electron chi connectivity index (χ4n) is 0.802. The fraction of sp³-hybridized carbons (Fsp3) is 0.167. The predicted molar refractivity (Wildman–Crippen MR) is 45.8 cm³/mol. The number of hydrogen-bond acceptors (Lipinski definition) is 5. The van der Waals surface area contributed by atoms with Crippen molar-refractivity contribution in [3.63, 3.8) is 0 Å². The Hall–Kier alpha value is -1.43. The van der Waals surface area contributed by atoms with Crippen molar-refractivity contribution in [1.82, 2.24) is 20.4 Å². The first-order valence-electron chi connectivity index (χ1n) is 3.43. The van der Waals surface area contributed by atoms with E-state index in [9.17, 15) is 0 Å². The van der Waals surface area contributed by atoms with Gasteiger partial charge in [0.1, 0.15) is 5.51 Å². The minimum absolute atomic E-state index is 0.728. The third-order valence-electron chi connectivity index (χ3n) is 1.36. The van der Waals surface area contributed by atoms with Crippen LogP contribution in [0.4, 0.5) is 5.13 Å². The highest BCUT2D eigenvalue weighted by Crippen LogP contribution is 2.09. The molecule has 0 saturated carbocycles. The second-order valence-electron chi connectivity index (χ2n) is 2.20. The summed E-state index contributed by atoms with van der Waals surface area (Å²) >= 11 is 1.48. The molecule has 2 N–H and O–H groups in total. The molecule has 0 radical (unpaired) electrons. The van der Waals surface area contributed by atoms with Crippen molar-refractivity contribution in [2.45, 2.75) is 6.54 Å². The van der Waals surface area contributed by atoms with Gasteiger partial charge in [0.15, 0.2) is 0 Å². The van der Waals surface area contributed by atoms with Crippen LogP contribution < -0.4 is 5.32 Å². The van der Waals surface area contributed by atoms with Crippen molar-refractivity contribution in [2.75, 3.05) is 5.32 Å². The smallest absolute Gasteiger partial charge is 0.205 e. The third-order valence-corrected chi connectivity index (χ3v) is 2.01. The second kappa shape index (κ2) is 3.31. The molecule has 0 saturated heterocycles. The van der Waals surface area contributed by atoms with Gasteiger partial charge in [-0.05, 0) is 0 Å². The maximum Gasteiger partial charge on any atom is 0.205 e. The normalized spacial score (nSPS) is 10.0. The Kier molecular flexibility index (Phi) is 2.00. The zero-order valence-electron chi connectivity index (χ0n) is 6.19. The number of aromatic nitrogens is 4. The van der Waals surface area contributed by atoms with Crippen molar-refractivity contribution < 1.29 is 0 Å². The predicted octanol–water partition coefficient (Wildman–Crippen LogP) is 0.873. The van der Waals surface area contributed by atoms with Gasteiger partial charge in [0.25, 0.3) is 0 Å². The summed E-state index contributed by atoms with van der Waals surface area (Å²) in [4.78, 5) is 0. The summed E-state index contributed by atoms with van der Waals surface area (Å²) in [5, 5.41) is 18.1. The standard InChI is InChI=1S/C6H7N5S/c1(5-2-8-9-3-5)7-6-11-10-4-12-6/h2-4H,1H2,(H,7,11)(H,8,9). The van der Waals surface area contributed by atoms with E-state index < -0.39 is 0 Å². The van der Waals surface area contributed by atoms with Gasteiger partial charge in [-0.3, -0.25) is 5.10 Å². The Labute approximate surface area is 72.8 Å². The van der Waals surface area contributed by atoms with E-state index in [-0.39, 0.29) is 0 Å². The minimum Gasteiger partial charge on any atom is -0.356 e. The topological polar surface area (TPSA) is 66.5 Å². The van der Waals surface area contributed by atoms with Crippen LogP contribution >= 0.6 is 11.3 Å². The third kappa shape index (κ3) is 1.59. The minimum atomic E-state index is 0.728. The van der Waals surface area contributed by atoms with Crippen LogP contribution in [-0.4, -0.2) is 20.4 Å². The van der Waals surface area contributed by atoms with Crippen molar-refractivity contribution >= 4 is 16.5 Å². The number of anilines is 1. The quantitative estimate of drug-likeness (QED) is 0.737. The van der Waals surface area contributed by atoms with E-state index in [2.05, 4.69) is 25.7 Å². The van der Waals surface area contributed by atoms with Gasteiger partial charge >= 0.3 is 0 Å². The maximum atomic E-state index is 3.84. The Morgan fingerprint density at radius 3 is 3.25 bits per heavy atom. The summed E-state index contributed by atoms with van der Waals surface area (Å²) in [5.74, 6) is 0. The highest BCUT2D eigenvalue weighted by Gasteiger charge is 1.96. The zero-order valence-corrected chi connectivity index (χ0v) is 7.01. The molecule has 0 aliphatic heterocycles. The largest absolute Gasteiger partial charge is 0.356 e. The van der Waals surface area contributed by atoms with Crippen molar-refractivity contribution in [2.24, 2.45) is 0 Å². The summed E-state index contributed by atoms with van der Waals surface area (Å²) in [6, 6.07) is 0. The molecule has 5 nitrogen and oxygen atoms in total. The van der Waals surface area contributed by atoms with Gasteiger partial charge in [-0.2, -0.15) is 5.10 Å². The molecule has 0 aromatic carbocycles. The molecule has 6 heteroatoms. The van der Waals surface area contributed by atoms with Gasteiger partial charge in [0.05, 0.1) is 6.20 Å². The Balaban J connectivity index is 1.91. The zero-order chi connectivity index (χ0) is 8.23. The Bertz CT molecular complexity index is 279. The summed E-state index contributed by atoms with van der Waals surface area (Å²) < 4.78 is 0. The van der Waals surface area contributed by atoms with E-state index in [0.29, 0.717) is 0 Å². The average molecular weight is 181 g/mol. The lowest BCUT2D eigenvalue weighted by atomic mass is 10.4. The summed E-state index contributed by atoms with van der Waals surface area (Å²) in [5.41, 5.74) is 2.79. The molecule has 2 rings (SSSR count). The van der Waals surface area contributed by atoms with Gasteiger partial charge in [0.2, 0.25) is 5.13 Å². The molecule has 12 heavy (non-hydrogen) atoms. The van der Waals surface area contributed by atoms with Gasteiger partial charge in [-0.15, -0.1) is 10.2 Å². The monoisotopic (exact) mass is 181 g/mol. The molecule has 2 heterocycles. The molecule has 2 aromatic rings. The van der Waals surface area contributed by atoms with E-state index in [4.69, 9.17) is 0 Å². The molecule has 0 aliphatic rings. The van der Waals surface area contributed by atoms with E-state index >= 15 is 0 Å². The maximum absolute atomic E-state index is 3.84. The molecular weight excluding hydrogens is 174 g/mol. The van der Waals surface area contributed by atoms with Crippen molar-refractivity contribution in [3.8, 4) is 0 Å². The van der Waals surface area contributed by atoms with Gasteiger partial charge < -0.3 is 5.32 Å². The lowest BCUT2D eigenvalue weighted by molar-refractivity contribution is 1.05. The van der Waals surface area contributed by atoms with Gasteiger partial charge in [0, 0.05) is 18.3 Å². The molecular formula is C6H7N5S. The Morgan fingerprint density at radius 2 is 2.58 bits per heavy atom. The average Bonchev–Trinajstić information content (AvgIpc) is 2.74. The highest BCUT2D eigenvalue weighted by molar-refractivity contribution is 7.13. The molecule has 0 amide bonds. The molecule has 62 valence electrons. The van der Waals surface area contributed by atoms with Crippen LogP contribution in [0, 0.1) is 0 Å². The first-order valence-corrected chi connectivity index (χ1v) is 4.31. The molecule has 0 unspecified atom stereocenters. The van der Waals surface area contributed by atoms with E-state index in [1.165, 1.54) is 11.3 Å². The van der Waals surface area contributed by atoms with Gasteiger partial charge in [-0.1, -0.05) is 11.3 Å². The van der Waals surface area contributed by atoms with Crippen LogP contribution in [-0.2, 0) is 6.54 Å². The molecule has 0 aliphatic carbocycles. The number of nitrogens with zero attached hydrogens (tertiary/aromatic N) is 3. The highest BCUT2D eigenvalue weighted by atomic mass is 32.1. The first kappa shape index (κ1) is 7.23. The van der Waals surface area contributed by atoms with Crippen molar-refractivity contribution in [1.29, 1.82) is 0 Å². The fourth-order valence-corrected chi connectivity index (χ4v) is 1.25. The van der Waals surface area contributed by atoms with Crippen LogP contribution in [0.3, 0.4) is 0 Å². The van der Waals surface area contributed by atoms with E-state index in [1.807, 2.05) is 6.20 Å². The second-order valence-corrected chi connectivity index (χ2v) is 3.04. The lowest BCUT2D eigenvalue weighted by Crippen LogP contribution is -1.97. The number of hydrogen-bond donors (Lipinski definition) is 2. The van der Waals surface area contributed by atoms with Crippen LogP contribution in [0.5, 0.6) is 0 Å². The molecule has 0 bridgehead atoms. The number of rotatable bonds is 3. The van der Waals surface area contributed by atoms with Crippen LogP contribution in [0.15, 0.2) is 17.9 Å². The summed E-state index contributed by atoms with van der Waals surface area (Å²) in [7, 11) is 0. The molecule has 0 atom stereocenters. The molecule has 0 spiro atoms. The van der Waals surface area contributed by atoms with Crippen molar-refractivity contribution in [3.05, 3.63) is 23.5 Å². The van der Waals surface area contributed by atoms with Crippen LogP contribution in [0.1, 0.15) is 5.56 Å². The number of H-pyrrole nitrogens is 1. The van der Waals surface area contributed by atoms with Crippen LogP contribution in [0.25, 0.3) is 0 Å². The Morgan fingerprint density at radius 1 is 1.58 bits per heavy atom. The number of nitrogens with one attached hydrogen (secondary N) is 2. The van der Waals surface area contributed by atoms with E-state index in [1.54, 1.807) is 11.7 Å². The summed E-state index contributed by atoms with van der Waals surface area (Å²) in [6.45, 7) is 0.728. The van der Waals surface area contributed by atoms with E-state index in [0.717, 1.165) is 17.2 Å². The SMILES string of the molecule is c1nnc(NCc2cn[nH]c2)s1. The lowest BCUT2D eigenvalue weighted by Gasteiger charge is -1.96. The van der Waals surface area contributed by atoms with Crippen LogP contribution in [0.2, 0.25) is 0 Å². The molecule has 2 aromatic heterocycles. The van der Waals surface area contributed by atoms with Gasteiger partial charge in [-0.25, -0.2) is 0 Å².